The summed E-state index contributed by atoms with van der Waals surface area (Å²) >= 11 is 0. The second kappa shape index (κ2) is 12.8. The third-order valence-corrected chi connectivity index (χ3v) is 8.44. The van der Waals surface area contributed by atoms with Gasteiger partial charge in [0.25, 0.3) is 5.91 Å². The predicted octanol–water partition coefficient (Wildman–Crippen LogP) is 5.07. The van der Waals surface area contributed by atoms with E-state index in [9.17, 15) is 23.2 Å². The zero-order valence-electron chi connectivity index (χ0n) is 24.0. The van der Waals surface area contributed by atoms with E-state index >= 15 is 0 Å². The molecule has 7 nitrogen and oxygen atoms in total. The molecule has 0 spiro atoms. The van der Waals surface area contributed by atoms with Crippen LogP contribution in [0.1, 0.15) is 47.2 Å². The number of piperidine rings is 2. The van der Waals surface area contributed by atoms with E-state index in [1.54, 1.807) is 23.1 Å². The van der Waals surface area contributed by atoms with E-state index in [1.807, 2.05) is 32.0 Å². The Kier molecular flexibility index (Phi) is 8.97. The molecule has 5 rings (SSSR count). The van der Waals surface area contributed by atoms with Crippen LogP contribution in [-0.4, -0.2) is 65.8 Å². The van der Waals surface area contributed by atoms with Gasteiger partial charge in [-0.1, -0.05) is 36.4 Å². The number of anilines is 1. The molecule has 0 atom stereocenters. The normalized spacial score (nSPS) is 16.7. The van der Waals surface area contributed by atoms with Crippen molar-refractivity contribution in [1.29, 1.82) is 0 Å². The Bertz CT molecular complexity index is 1440. The van der Waals surface area contributed by atoms with E-state index in [-0.39, 0.29) is 17.4 Å². The lowest BCUT2D eigenvalue weighted by molar-refractivity contribution is -0.144. The van der Waals surface area contributed by atoms with Gasteiger partial charge in [-0.05, 0) is 86.1 Å². The fourth-order valence-electron chi connectivity index (χ4n) is 5.95. The van der Waals surface area contributed by atoms with Gasteiger partial charge in [0.05, 0.1) is 5.56 Å². The highest BCUT2D eigenvalue weighted by molar-refractivity contribution is 6.39. The molecule has 2 N–H and O–H groups in total. The van der Waals surface area contributed by atoms with Crippen LogP contribution < -0.4 is 10.6 Å². The second-order valence-electron chi connectivity index (χ2n) is 11.2. The largest absolute Gasteiger partial charge is 0.349 e. The quantitative estimate of drug-likeness (QED) is 0.417. The van der Waals surface area contributed by atoms with Gasteiger partial charge in [-0.25, -0.2) is 8.78 Å². The number of amides is 3. The summed E-state index contributed by atoms with van der Waals surface area (Å²) in [4.78, 5) is 42.3. The average Bonchev–Trinajstić information content (AvgIpc) is 2.99. The van der Waals surface area contributed by atoms with Crippen molar-refractivity contribution in [2.75, 3.05) is 31.5 Å². The lowest BCUT2D eigenvalue weighted by Crippen LogP contribution is -2.52. The van der Waals surface area contributed by atoms with Crippen LogP contribution in [0.25, 0.3) is 11.1 Å². The van der Waals surface area contributed by atoms with Gasteiger partial charge in [-0.15, -0.1) is 0 Å². The standard InChI is InChI=1S/C33H36F2N4O3/c1-21-4-3-5-22(2)30(21)37-32(41)33(42)39-18-14-27(15-19-39)38-16-12-26(13-17-38)36-31(40)28-11-8-24(20-29(28)35)23-6-9-25(34)10-7-23/h3-11,20,26-27H,12-19H2,1-2H3,(H,36,40)(H,37,41). The number of nitrogens with one attached hydrogen (secondary N) is 2. The van der Waals surface area contributed by atoms with Crippen LogP contribution >= 0.6 is 0 Å². The molecule has 0 saturated carbocycles. The molecule has 0 unspecified atom stereocenters. The molecule has 2 fully saturated rings. The van der Waals surface area contributed by atoms with Crippen LogP contribution in [0, 0.1) is 25.5 Å². The Morgan fingerprint density at radius 1 is 0.786 bits per heavy atom. The Morgan fingerprint density at radius 3 is 2.02 bits per heavy atom. The van der Waals surface area contributed by atoms with E-state index in [4.69, 9.17) is 0 Å². The first-order valence-corrected chi connectivity index (χ1v) is 14.5. The van der Waals surface area contributed by atoms with E-state index in [0.717, 1.165) is 49.9 Å². The van der Waals surface area contributed by atoms with E-state index in [1.165, 1.54) is 24.3 Å². The van der Waals surface area contributed by atoms with Crippen LogP contribution in [0.2, 0.25) is 0 Å². The lowest BCUT2D eigenvalue weighted by atomic mass is 9.97. The molecule has 2 heterocycles. The number of hydrogen-bond donors (Lipinski definition) is 2. The predicted molar refractivity (Wildman–Crippen MR) is 158 cm³/mol. The molecule has 3 aromatic rings. The molecule has 0 radical (unpaired) electrons. The van der Waals surface area contributed by atoms with Gasteiger partial charge < -0.3 is 20.4 Å². The Morgan fingerprint density at radius 2 is 1.40 bits per heavy atom. The van der Waals surface area contributed by atoms with Gasteiger partial charge in [0, 0.05) is 44.0 Å². The number of halogens is 2. The van der Waals surface area contributed by atoms with Crippen molar-refractivity contribution in [3.05, 3.63) is 89.0 Å². The number of likely N-dealkylation sites (tertiary alicyclic amines) is 2. The van der Waals surface area contributed by atoms with Crippen LogP contribution in [0.3, 0.4) is 0 Å². The van der Waals surface area contributed by atoms with Crippen molar-refractivity contribution >= 4 is 23.4 Å². The van der Waals surface area contributed by atoms with E-state index in [2.05, 4.69) is 15.5 Å². The second-order valence-corrected chi connectivity index (χ2v) is 11.2. The minimum atomic E-state index is -0.615. The summed E-state index contributed by atoms with van der Waals surface area (Å²) in [6, 6.07) is 16.2. The molecule has 3 aromatic carbocycles. The van der Waals surface area contributed by atoms with Crippen molar-refractivity contribution < 1.29 is 23.2 Å². The molecule has 2 aliphatic rings. The smallest absolute Gasteiger partial charge is 0.313 e. The maximum absolute atomic E-state index is 14.8. The number of carbonyl (C=O) groups is 3. The lowest BCUT2D eigenvalue weighted by Gasteiger charge is -2.41. The zero-order chi connectivity index (χ0) is 29.8. The Hall–Kier alpha value is -4.11. The number of aryl methyl sites for hydroxylation is 2. The van der Waals surface area contributed by atoms with Gasteiger partial charge in [0.2, 0.25) is 0 Å². The van der Waals surface area contributed by atoms with Crippen molar-refractivity contribution in [1.82, 2.24) is 15.1 Å². The molecule has 2 saturated heterocycles. The minimum absolute atomic E-state index is 0.0121. The summed E-state index contributed by atoms with van der Waals surface area (Å²) in [6.45, 7) is 6.44. The van der Waals surface area contributed by atoms with Crippen LogP contribution in [0.4, 0.5) is 14.5 Å². The van der Waals surface area contributed by atoms with Crippen molar-refractivity contribution in [3.63, 3.8) is 0 Å². The maximum Gasteiger partial charge on any atom is 0.313 e. The first-order valence-electron chi connectivity index (χ1n) is 14.5. The number of para-hydroxylation sites is 1. The highest BCUT2D eigenvalue weighted by Crippen LogP contribution is 2.25. The molecule has 9 heteroatoms. The first kappa shape index (κ1) is 29.4. The number of benzene rings is 3. The highest BCUT2D eigenvalue weighted by atomic mass is 19.1. The SMILES string of the molecule is Cc1cccc(C)c1NC(=O)C(=O)N1CCC(N2CCC(NC(=O)c3ccc(-c4ccc(F)cc4)cc3F)CC2)CC1. The fourth-order valence-corrected chi connectivity index (χ4v) is 5.95. The summed E-state index contributed by atoms with van der Waals surface area (Å²) in [7, 11) is 0. The van der Waals surface area contributed by atoms with Crippen molar-refractivity contribution in [3.8, 4) is 11.1 Å². The minimum Gasteiger partial charge on any atom is -0.349 e. The summed E-state index contributed by atoms with van der Waals surface area (Å²) in [5.74, 6) is -2.53. The third-order valence-electron chi connectivity index (χ3n) is 8.44. The summed E-state index contributed by atoms with van der Waals surface area (Å²) in [5, 5.41) is 5.76. The van der Waals surface area contributed by atoms with Gasteiger partial charge >= 0.3 is 11.8 Å². The number of hydrogen-bond acceptors (Lipinski definition) is 4. The van der Waals surface area contributed by atoms with Crippen molar-refractivity contribution in [2.24, 2.45) is 0 Å². The molecule has 3 amide bonds. The molecule has 0 bridgehead atoms. The van der Waals surface area contributed by atoms with Crippen LogP contribution in [0.15, 0.2) is 60.7 Å². The monoisotopic (exact) mass is 574 g/mol. The Labute approximate surface area is 244 Å². The fraction of sp³-hybridized carbons (Fsp3) is 0.364. The molecule has 220 valence electrons. The van der Waals surface area contributed by atoms with E-state index in [0.29, 0.717) is 35.9 Å². The van der Waals surface area contributed by atoms with E-state index < -0.39 is 23.5 Å². The summed E-state index contributed by atoms with van der Waals surface area (Å²) in [5.41, 5.74) is 3.75. The first-order chi connectivity index (χ1) is 20.2. The average molecular weight is 575 g/mol. The third kappa shape index (κ3) is 6.68. The molecule has 0 aliphatic carbocycles. The molecular formula is C33H36F2N4O3. The van der Waals surface area contributed by atoms with Gasteiger partial charge in [-0.2, -0.15) is 0 Å². The molecular weight excluding hydrogens is 538 g/mol. The van der Waals surface area contributed by atoms with Crippen molar-refractivity contribution in [2.45, 2.75) is 51.6 Å². The molecule has 42 heavy (non-hydrogen) atoms. The van der Waals surface area contributed by atoms with Crippen LogP contribution in [0.5, 0.6) is 0 Å². The van der Waals surface area contributed by atoms with Gasteiger partial charge in [0.15, 0.2) is 0 Å². The van der Waals surface area contributed by atoms with Gasteiger partial charge in [-0.3, -0.25) is 14.4 Å². The summed E-state index contributed by atoms with van der Waals surface area (Å²) in [6.07, 6.45) is 3.06. The van der Waals surface area contributed by atoms with Gasteiger partial charge in [0.1, 0.15) is 11.6 Å². The number of rotatable bonds is 5. The van der Waals surface area contributed by atoms with Crippen LogP contribution in [-0.2, 0) is 9.59 Å². The summed E-state index contributed by atoms with van der Waals surface area (Å²) < 4.78 is 28.0. The molecule has 2 aliphatic heterocycles. The zero-order valence-corrected chi connectivity index (χ0v) is 24.0. The number of carbonyl (C=O) groups excluding carboxylic acids is 3. The molecule has 0 aromatic heterocycles. The topological polar surface area (TPSA) is 81.8 Å². The maximum atomic E-state index is 14.8. The number of nitrogens with zero attached hydrogens (tertiary/aromatic N) is 2. The highest BCUT2D eigenvalue weighted by Gasteiger charge is 2.32. The Balaban J connectivity index is 1.07.